The van der Waals surface area contributed by atoms with Gasteiger partial charge in [-0.1, -0.05) is 11.6 Å². The Labute approximate surface area is 127 Å². The van der Waals surface area contributed by atoms with Crippen molar-refractivity contribution in [3.8, 4) is 17.6 Å². The lowest BCUT2D eigenvalue weighted by Crippen LogP contribution is -2.01. The van der Waals surface area contributed by atoms with Gasteiger partial charge in [-0.25, -0.2) is 4.79 Å². The summed E-state index contributed by atoms with van der Waals surface area (Å²) >= 11 is 5.81. The lowest BCUT2D eigenvalue weighted by atomic mass is 10.1. The number of nitriles is 1. The minimum Gasteiger partial charge on any atom is -0.478 e. The van der Waals surface area contributed by atoms with Crippen molar-refractivity contribution < 1.29 is 14.6 Å². The zero-order valence-electron chi connectivity index (χ0n) is 11.5. The zero-order valence-corrected chi connectivity index (χ0v) is 12.2. The molecule has 0 aliphatic carbocycles. The predicted octanol–water partition coefficient (Wildman–Crippen LogP) is 4.32. The molecule has 0 aliphatic rings. The SMILES string of the molecule is Cc1cc(C#N)cc(C)c1Oc1ccc(Cl)cc1C(=O)O. The first kappa shape index (κ1) is 14.9. The normalized spacial score (nSPS) is 10.0. The van der Waals surface area contributed by atoms with E-state index in [1.165, 1.54) is 12.1 Å². The van der Waals surface area contributed by atoms with Crippen LogP contribution in [0.2, 0.25) is 5.02 Å². The minimum atomic E-state index is -1.11. The van der Waals surface area contributed by atoms with Crippen LogP contribution in [0.15, 0.2) is 30.3 Å². The van der Waals surface area contributed by atoms with E-state index in [9.17, 15) is 9.90 Å². The van der Waals surface area contributed by atoms with Gasteiger partial charge in [0, 0.05) is 5.02 Å². The van der Waals surface area contributed by atoms with Crippen molar-refractivity contribution in [2.75, 3.05) is 0 Å². The lowest BCUT2D eigenvalue weighted by Gasteiger charge is -2.14. The van der Waals surface area contributed by atoms with Gasteiger partial charge < -0.3 is 9.84 Å². The highest BCUT2D eigenvalue weighted by molar-refractivity contribution is 6.31. The summed E-state index contributed by atoms with van der Waals surface area (Å²) in [5.41, 5.74) is 2.05. The van der Waals surface area contributed by atoms with Gasteiger partial charge in [-0.2, -0.15) is 5.26 Å². The first-order valence-electron chi connectivity index (χ1n) is 6.14. The molecule has 1 N–H and O–H groups in total. The third-order valence-electron chi connectivity index (χ3n) is 2.97. The van der Waals surface area contributed by atoms with Crippen LogP contribution in [-0.4, -0.2) is 11.1 Å². The minimum absolute atomic E-state index is 0.00865. The van der Waals surface area contributed by atoms with Crippen molar-refractivity contribution in [2.24, 2.45) is 0 Å². The summed E-state index contributed by atoms with van der Waals surface area (Å²) in [6.45, 7) is 3.61. The highest BCUT2D eigenvalue weighted by atomic mass is 35.5. The largest absolute Gasteiger partial charge is 0.478 e. The molecule has 0 unspecified atom stereocenters. The van der Waals surface area contributed by atoms with E-state index >= 15 is 0 Å². The van der Waals surface area contributed by atoms with Gasteiger partial charge in [0.15, 0.2) is 0 Å². The number of aromatic carboxylic acids is 1. The summed E-state index contributed by atoms with van der Waals surface area (Å²) in [5.74, 6) is -0.363. The quantitative estimate of drug-likeness (QED) is 0.916. The van der Waals surface area contributed by atoms with Crippen LogP contribution in [0.4, 0.5) is 0 Å². The summed E-state index contributed by atoms with van der Waals surface area (Å²) in [7, 11) is 0. The molecule has 2 rings (SSSR count). The summed E-state index contributed by atoms with van der Waals surface area (Å²) in [6.07, 6.45) is 0. The van der Waals surface area contributed by atoms with Gasteiger partial charge in [-0.15, -0.1) is 0 Å². The molecule has 2 aromatic rings. The number of hydrogen-bond acceptors (Lipinski definition) is 3. The Bertz CT molecular complexity index is 740. The lowest BCUT2D eigenvalue weighted by molar-refractivity contribution is 0.0694. The Morgan fingerprint density at radius 1 is 1.24 bits per heavy atom. The Morgan fingerprint density at radius 2 is 1.86 bits per heavy atom. The Hall–Kier alpha value is -2.51. The van der Waals surface area contributed by atoms with Crippen LogP contribution < -0.4 is 4.74 Å². The molecule has 0 spiro atoms. The molecule has 4 nitrogen and oxygen atoms in total. The summed E-state index contributed by atoms with van der Waals surface area (Å²) in [6, 6.07) is 9.88. The second kappa shape index (κ2) is 5.86. The van der Waals surface area contributed by atoms with Gasteiger partial charge in [-0.05, 0) is 55.3 Å². The smallest absolute Gasteiger partial charge is 0.339 e. The van der Waals surface area contributed by atoms with Gasteiger partial charge in [-0.3, -0.25) is 0 Å². The van der Waals surface area contributed by atoms with Gasteiger partial charge in [0.2, 0.25) is 0 Å². The third kappa shape index (κ3) is 3.15. The molecule has 2 aromatic carbocycles. The zero-order chi connectivity index (χ0) is 15.6. The fraction of sp³-hybridized carbons (Fsp3) is 0.125. The standard InChI is InChI=1S/C16H12ClNO3/c1-9-5-11(8-18)6-10(2)15(9)21-14-4-3-12(17)7-13(14)16(19)20/h3-7H,1-2H3,(H,19,20). The van der Waals surface area contributed by atoms with Crippen LogP contribution >= 0.6 is 11.6 Å². The van der Waals surface area contributed by atoms with Crippen molar-refractivity contribution in [3.63, 3.8) is 0 Å². The van der Waals surface area contributed by atoms with Crippen LogP contribution in [0.5, 0.6) is 11.5 Å². The first-order chi connectivity index (χ1) is 9.92. The summed E-state index contributed by atoms with van der Waals surface area (Å²) in [5, 5.41) is 18.5. The van der Waals surface area contributed by atoms with Crippen LogP contribution in [-0.2, 0) is 0 Å². The molecule has 21 heavy (non-hydrogen) atoms. The molecule has 0 bridgehead atoms. The molecule has 0 fully saturated rings. The first-order valence-corrected chi connectivity index (χ1v) is 6.52. The molecule has 0 aliphatic heterocycles. The monoisotopic (exact) mass is 301 g/mol. The van der Waals surface area contributed by atoms with E-state index in [0.29, 0.717) is 16.3 Å². The summed E-state index contributed by atoms with van der Waals surface area (Å²) in [4.78, 5) is 11.3. The number of carboxylic acids is 1. The number of benzene rings is 2. The maximum atomic E-state index is 11.3. The van der Waals surface area contributed by atoms with Gasteiger partial charge in [0.05, 0.1) is 11.6 Å². The molecular formula is C16H12ClNO3. The van der Waals surface area contributed by atoms with Crippen LogP contribution in [0.1, 0.15) is 27.0 Å². The molecule has 0 radical (unpaired) electrons. The summed E-state index contributed by atoms with van der Waals surface area (Å²) < 4.78 is 5.74. The topological polar surface area (TPSA) is 70.3 Å². The van der Waals surface area contributed by atoms with Crippen molar-refractivity contribution in [1.29, 1.82) is 5.26 Å². The molecule has 0 heterocycles. The van der Waals surface area contributed by atoms with Gasteiger partial charge in [0.25, 0.3) is 0 Å². The molecule has 0 atom stereocenters. The number of hydrogen-bond donors (Lipinski definition) is 1. The van der Waals surface area contributed by atoms with Crippen LogP contribution in [0.25, 0.3) is 0 Å². The number of carbonyl (C=O) groups is 1. The molecular weight excluding hydrogens is 290 g/mol. The predicted molar refractivity (Wildman–Crippen MR) is 79.1 cm³/mol. The highest BCUT2D eigenvalue weighted by Gasteiger charge is 2.15. The number of ether oxygens (including phenoxy) is 1. The van der Waals surface area contributed by atoms with Crippen molar-refractivity contribution in [2.45, 2.75) is 13.8 Å². The molecule has 0 amide bonds. The maximum Gasteiger partial charge on any atom is 0.339 e. The van der Waals surface area contributed by atoms with Crippen molar-refractivity contribution >= 4 is 17.6 Å². The molecule has 5 heteroatoms. The molecule has 0 saturated carbocycles. The fourth-order valence-corrected chi connectivity index (χ4v) is 2.22. The number of nitrogens with zero attached hydrogens (tertiary/aromatic N) is 1. The second-order valence-electron chi connectivity index (χ2n) is 4.60. The van der Waals surface area contributed by atoms with Gasteiger partial charge in [0.1, 0.15) is 17.1 Å². The Balaban J connectivity index is 2.49. The van der Waals surface area contributed by atoms with E-state index in [0.717, 1.165) is 11.1 Å². The average Bonchev–Trinajstić information content (AvgIpc) is 2.43. The second-order valence-corrected chi connectivity index (χ2v) is 5.04. The van der Waals surface area contributed by atoms with Crippen molar-refractivity contribution in [1.82, 2.24) is 0 Å². The van der Waals surface area contributed by atoms with Crippen LogP contribution in [0.3, 0.4) is 0 Å². The number of rotatable bonds is 3. The highest BCUT2D eigenvalue weighted by Crippen LogP contribution is 2.32. The Kier molecular flexibility index (Phi) is 4.15. The molecule has 106 valence electrons. The van der Waals surface area contributed by atoms with E-state index in [4.69, 9.17) is 21.6 Å². The van der Waals surface area contributed by atoms with Crippen LogP contribution in [0, 0.1) is 25.2 Å². The van der Waals surface area contributed by atoms with E-state index in [1.807, 2.05) is 0 Å². The maximum absolute atomic E-state index is 11.3. The van der Waals surface area contributed by atoms with E-state index < -0.39 is 5.97 Å². The fourth-order valence-electron chi connectivity index (χ4n) is 2.04. The molecule has 0 aromatic heterocycles. The third-order valence-corrected chi connectivity index (χ3v) is 3.21. The van der Waals surface area contributed by atoms with E-state index in [-0.39, 0.29) is 11.3 Å². The van der Waals surface area contributed by atoms with Gasteiger partial charge >= 0.3 is 5.97 Å². The van der Waals surface area contributed by atoms with E-state index in [2.05, 4.69) is 6.07 Å². The van der Waals surface area contributed by atoms with E-state index in [1.54, 1.807) is 32.0 Å². The number of aryl methyl sites for hydroxylation is 2. The number of carboxylic acid groups (broad SMARTS) is 1. The number of halogens is 1. The Morgan fingerprint density at radius 3 is 2.38 bits per heavy atom. The van der Waals surface area contributed by atoms with Crippen molar-refractivity contribution in [3.05, 3.63) is 57.6 Å². The molecule has 0 saturated heterocycles. The average molecular weight is 302 g/mol.